The van der Waals surface area contributed by atoms with Crippen molar-refractivity contribution in [1.82, 2.24) is 19.9 Å². The van der Waals surface area contributed by atoms with Gasteiger partial charge in [-0.05, 0) is 12.0 Å². The molecule has 0 amide bonds. The van der Waals surface area contributed by atoms with Gasteiger partial charge in [-0.2, -0.15) is 0 Å². The van der Waals surface area contributed by atoms with Crippen LogP contribution in [-0.2, 0) is 6.54 Å². The topological polar surface area (TPSA) is 54.2 Å². The summed E-state index contributed by atoms with van der Waals surface area (Å²) in [6, 6.07) is 10.3. The quantitative estimate of drug-likeness (QED) is 0.902. The van der Waals surface area contributed by atoms with Gasteiger partial charge in [-0.15, -0.1) is 5.10 Å². The molecule has 3 rings (SSSR count). The molecule has 1 atom stereocenters. The van der Waals surface area contributed by atoms with Crippen LogP contribution in [0.4, 0.5) is 0 Å². The molecule has 0 radical (unpaired) electrons. The summed E-state index contributed by atoms with van der Waals surface area (Å²) in [7, 11) is 0. The van der Waals surface area contributed by atoms with Crippen molar-refractivity contribution in [3.63, 3.8) is 0 Å². The first-order valence-electron chi connectivity index (χ1n) is 7.24. The second-order valence-electron chi connectivity index (χ2n) is 5.62. The Morgan fingerprint density at radius 1 is 1.29 bits per heavy atom. The van der Waals surface area contributed by atoms with Gasteiger partial charge in [0.15, 0.2) is 0 Å². The van der Waals surface area contributed by atoms with Gasteiger partial charge >= 0.3 is 0 Å². The van der Waals surface area contributed by atoms with Crippen molar-refractivity contribution in [2.45, 2.75) is 18.6 Å². The van der Waals surface area contributed by atoms with Crippen LogP contribution in [0.5, 0.6) is 0 Å². The Hall–Kier alpha value is -1.98. The first-order valence-corrected chi connectivity index (χ1v) is 7.24. The molecule has 1 aromatic carbocycles. The van der Waals surface area contributed by atoms with Crippen LogP contribution >= 0.6 is 0 Å². The van der Waals surface area contributed by atoms with Crippen molar-refractivity contribution < 1.29 is 5.11 Å². The third kappa shape index (κ3) is 3.77. The number of benzene rings is 1. The zero-order valence-corrected chi connectivity index (χ0v) is 12.0. The number of rotatable bonds is 5. The Balaban J connectivity index is 1.51. The third-order valence-corrected chi connectivity index (χ3v) is 3.81. The number of likely N-dealkylation sites (tertiary alicyclic amines) is 1. The monoisotopic (exact) mass is 284 g/mol. The minimum Gasteiger partial charge on any atom is -0.387 e. The van der Waals surface area contributed by atoms with E-state index < -0.39 is 5.60 Å². The molecule has 110 valence electrons. The van der Waals surface area contributed by atoms with E-state index in [-0.39, 0.29) is 0 Å². The Labute approximate surface area is 124 Å². The summed E-state index contributed by atoms with van der Waals surface area (Å²) in [5, 5.41) is 18.3. The number of hydrogen-bond donors (Lipinski definition) is 1. The lowest BCUT2D eigenvalue weighted by molar-refractivity contribution is 0.0292. The second kappa shape index (κ2) is 6.20. The minimum atomic E-state index is -0.700. The number of aromatic nitrogens is 3. The molecule has 0 aliphatic carbocycles. The zero-order chi connectivity index (χ0) is 14.5. The normalized spacial score (nSPS) is 23.1. The van der Waals surface area contributed by atoms with E-state index in [1.807, 2.05) is 18.2 Å². The van der Waals surface area contributed by atoms with Gasteiger partial charge in [-0.3, -0.25) is 4.90 Å². The maximum atomic E-state index is 10.6. The molecule has 21 heavy (non-hydrogen) atoms. The van der Waals surface area contributed by atoms with E-state index in [1.54, 1.807) is 17.1 Å². The standard InChI is InChI=1S/C16H20N4O/c21-16(14-20-12-9-17-18-20)8-11-19(13-16)10-4-7-15-5-2-1-3-6-15/h1-7,9,12,21H,8,10-11,13-14H2/b7-4+. The summed E-state index contributed by atoms with van der Waals surface area (Å²) in [5.41, 5.74) is 0.503. The van der Waals surface area contributed by atoms with Gasteiger partial charge in [0.05, 0.1) is 18.3 Å². The largest absolute Gasteiger partial charge is 0.387 e. The molecule has 1 aliphatic rings. The molecule has 2 heterocycles. The van der Waals surface area contributed by atoms with Crippen molar-refractivity contribution in [2.75, 3.05) is 19.6 Å². The predicted molar refractivity (Wildman–Crippen MR) is 81.5 cm³/mol. The molecule has 5 nitrogen and oxygen atoms in total. The van der Waals surface area contributed by atoms with Crippen LogP contribution in [0, 0.1) is 0 Å². The molecular weight excluding hydrogens is 264 g/mol. The molecule has 1 aromatic heterocycles. The van der Waals surface area contributed by atoms with Crippen molar-refractivity contribution in [3.8, 4) is 0 Å². The predicted octanol–water partition coefficient (Wildman–Crippen LogP) is 1.43. The average molecular weight is 284 g/mol. The van der Waals surface area contributed by atoms with Crippen LogP contribution in [0.25, 0.3) is 6.08 Å². The number of hydrogen-bond acceptors (Lipinski definition) is 4. The van der Waals surface area contributed by atoms with E-state index in [2.05, 4.69) is 39.5 Å². The van der Waals surface area contributed by atoms with Gasteiger partial charge < -0.3 is 5.11 Å². The van der Waals surface area contributed by atoms with E-state index in [0.29, 0.717) is 13.1 Å². The number of β-amino-alcohol motifs (C(OH)–C–C–N with tert-alkyl or cyclic N) is 1. The molecule has 1 saturated heterocycles. The summed E-state index contributed by atoms with van der Waals surface area (Å²) < 4.78 is 1.70. The van der Waals surface area contributed by atoms with Crippen LogP contribution in [0.2, 0.25) is 0 Å². The Kier molecular flexibility index (Phi) is 4.13. The number of aliphatic hydroxyl groups is 1. The third-order valence-electron chi connectivity index (χ3n) is 3.81. The van der Waals surface area contributed by atoms with Crippen LogP contribution in [0.1, 0.15) is 12.0 Å². The highest BCUT2D eigenvalue weighted by atomic mass is 16.3. The van der Waals surface area contributed by atoms with E-state index >= 15 is 0 Å². The fourth-order valence-electron chi connectivity index (χ4n) is 2.75. The van der Waals surface area contributed by atoms with Gasteiger partial charge in [-0.1, -0.05) is 47.7 Å². The van der Waals surface area contributed by atoms with E-state index in [0.717, 1.165) is 19.5 Å². The molecule has 5 heteroatoms. The van der Waals surface area contributed by atoms with Gasteiger partial charge in [0.1, 0.15) is 0 Å². The molecule has 0 spiro atoms. The molecular formula is C16H20N4O. The van der Waals surface area contributed by atoms with E-state index in [1.165, 1.54) is 5.56 Å². The Morgan fingerprint density at radius 3 is 2.90 bits per heavy atom. The summed E-state index contributed by atoms with van der Waals surface area (Å²) >= 11 is 0. The average Bonchev–Trinajstić information content (AvgIpc) is 3.11. The SMILES string of the molecule is OC1(Cn2ccnn2)CCN(C/C=C/c2ccccc2)C1. The molecule has 1 unspecified atom stereocenters. The van der Waals surface area contributed by atoms with Gasteiger partial charge in [-0.25, -0.2) is 4.68 Å². The summed E-state index contributed by atoms with van der Waals surface area (Å²) in [6.07, 6.45) is 8.46. The highest BCUT2D eigenvalue weighted by Crippen LogP contribution is 2.22. The Morgan fingerprint density at radius 2 is 2.14 bits per heavy atom. The summed E-state index contributed by atoms with van der Waals surface area (Å²) in [4.78, 5) is 2.26. The first-order chi connectivity index (χ1) is 10.2. The lowest BCUT2D eigenvalue weighted by Crippen LogP contribution is -2.37. The van der Waals surface area contributed by atoms with Gasteiger partial charge in [0.2, 0.25) is 0 Å². The minimum absolute atomic E-state index is 0.506. The fraction of sp³-hybridized carbons (Fsp3) is 0.375. The van der Waals surface area contributed by atoms with Crippen LogP contribution < -0.4 is 0 Å². The van der Waals surface area contributed by atoms with Crippen LogP contribution in [-0.4, -0.2) is 50.2 Å². The van der Waals surface area contributed by atoms with Crippen LogP contribution in [0.3, 0.4) is 0 Å². The van der Waals surface area contributed by atoms with Gasteiger partial charge in [0.25, 0.3) is 0 Å². The zero-order valence-electron chi connectivity index (χ0n) is 12.0. The molecule has 0 bridgehead atoms. The summed E-state index contributed by atoms with van der Waals surface area (Å²) in [5.74, 6) is 0. The van der Waals surface area contributed by atoms with Crippen molar-refractivity contribution in [2.24, 2.45) is 0 Å². The molecule has 2 aromatic rings. The van der Waals surface area contributed by atoms with Crippen molar-refractivity contribution in [3.05, 3.63) is 54.4 Å². The van der Waals surface area contributed by atoms with E-state index in [4.69, 9.17) is 0 Å². The maximum Gasteiger partial charge on any atom is 0.0981 e. The fourth-order valence-corrected chi connectivity index (χ4v) is 2.75. The van der Waals surface area contributed by atoms with E-state index in [9.17, 15) is 5.11 Å². The van der Waals surface area contributed by atoms with Crippen molar-refractivity contribution >= 4 is 6.08 Å². The Bertz CT molecular complexity index is 582. The lowest BCUT2D eigenvalue weighted by Gasteiger charge is -2.22. The van der Waals surface area contributed by atoms with Crippen molar-refractivity contribution in [1.29, 1.82) is 0 Å². The molecule has 1 N–H and O–H groups in total. The highest BCUT2D eigenvalue weighted by Gasteiger charge is 2.36. The highest BCUT2D eigenvalue weighted by molar-refractivity contribution is 5.48. The van der Waals surface area contributed by atoms with Gasteiger partial charge in [0, 0.05) is 25.8 Å². The number of nitrogens with zero attached hydrogens (tertiary/aromatic N) is 4. The van der Waals surface area contributed by atoms with Crippen LogP contribution in [0.15, 0.2) is 48.8 Å². The smallest absolute Gasteiger partial charge is 0.0981 e. The molecule has 1 fully saturated rings. The molecule has 1 aliphatic heterocycles. The lowest BCUT2D eigenvalue weighted by atomic mass is 10.0. The summed E-state index contributed by atoms with van der Waals surface area (Å²) in [6.45, 7) is 2.94. The second-order valence-corrected chi connectivity index (χ2v) is 5.62. The maximum absolute atomic E-state index is 10.6. The first kappa shape index (κ1) is 14.0. The molecule has 0 saturated carbocycles.